The van der Waals surface area contributed by atoms with Gasteiger partial charge in [-0.25, -0.2) is 0 Å². The number of nitrogens with two attached hydrogens (primary N) is 3. The van der Waals surface area contributed by atoms with E-state index in [9.17, 15) is 19.2 Å². The Labute approximate surface area is 355 Å². The first-order valence-corrected chi connectivity index (χ1v) is 21.9. The van der Waals surface area contributed by atoms with Crippen LogP contribution in [0, 0.1) is 5.92 Å². The molecule has 13 nitrogen and oxygen atoms in total. The van der Waals surface area contributed by atoms with Crippen LogP contribution in [0.4, 0.5) is 5.69 Å². The highest BCUT2D eigenvalue weighted by atomic mass is 16.2. The van der Waals surface area contributed by atoms with Crippen LogP contribution in [0.1, 0.15) is 87.3 Å². The smallest absolute Gasteiger partial charge is 0.252 e. The first kappa shape index (κ1) is 46.0. The normalized spacial score (nSPS) is 17.6. The maximum Gasteiger partial charge on any atom is 0.252 e. The van der Waals surface area contributed by atoms with E-state index in [1.807, 2.05) is 72.8 Å². The Morgan fingerprint density at radius 3 is 2.05 bits per heavy atom. The highest BCUT2D eigenvalue weighted by molar-refractivity contribution is 6.05. The molecular weight excluding hydrogens is 757 g/mol. The number of likely N-dealkylation sites (N-methyl/N-ethyl adjacent to an activating group) is 1. The fraction of sp³-hybridized carbons (Fsp3) is 0.511. The Kier molecular flexibility index (Phi) is 18.1. The van der Waals surface area contributed by atoms with Crippen LogP contribution in [0.5, 0.6) is 0 Å². The largest absolute Gasteiger partial charge is 0.399 e. The van der Waals surface area contributed by atoms with Gasteiger partial charge < -0.3 is 38.1 Å². The first-order chi connectivity index (χ1) is 29.1. The van der Waals surface area contributed by atoms with E-state index >= 15 is 4.79 Å². The summed E-state index contributed by atoms with van der Waals surface area (Å²) in [4.78, 5) is 75.3. The summed E-state index contributed by atoms with van der Waals surface area (Å²) in [5.41, 5.74) is 21.8. The molecule has 1 aliphatic carbocycles. The molecule has 60 heavy (non-hydrogen) atoms. The third kappa shape index (κ3) is 13.2. The van der Waals surface area contributed by atoms with E-state index in [0.29, 0.717) is 63.6 Å². The van der Waals surface area contributed by atoms with Crippen LogP contribution in [0.3, 0.4) is 0 Å². The van der Waals surface area contributed by atoms with Gasteiger partial charge in [0.05, 0.1) is 12.1 Å². The molecule has 1 saturated carbocycles. The summed E-state index contributed by atoms with van der Waals surface area (Å²) in [6.45, 7) is 0.940. The topological polar surface area (TPSA) is 206 Å². The summed E-state index contributed by atoms with van der Waals surface area (Å²) in [7, 11) is 1.71. The summed E-state index contributed by atoms with van der Waals surface area (Å²) in [5, 5.41) is 9.08. The van der Waals surface area contributed by atoms with Crippen LogP contribution in [-0.2, 0) is 43.2 Å². The number of nitrogen functional groups attached to an aromatic ring is 1. The second kappa shape index (κ2) is 23.6. The Morgan fingerprint density at radius 2 is 1.42 bits per heavy atom. The number of unbranched alkanes of at least 4 members (excludes halogenated alkanes) is 1. The molecule has 0 unspecified atom stereocenters. The molecule has 13 heteroatoms. The molecule has 5 rings (SSSR count). The van der Waals surface area contributed by atoms with Gasteiger partial charge in [-0.3, -0.25) is 28.9 Å². The zero-order valence-corrected chi connectivity index (χ0v) is 35.2. The van der Waals surface area contributed by atoms with Gasteiger partial charge in [0.25, 0.3) is 5.91 Å². The van der Waals surface area contributed by atoms with Crippen molar-refractivity contribution in [3.63, 3.8) is 0 Å². The molecule has 0 radical (unpaired) electrons. The highest BCUT2D eigenvalue weighted by Gasteiger charge is 2.45. The number of hydrogen-bond acceptors (Lipinski definition) is 9. The maximum atomic E-state index is 15.2. The molecule has 1 heterocycles. The summed E-state index contributed by atoms with van der Waals surface area (Å²) < 4.78 is 0. The van der Waals surface area contributed by atoms with Gasteiger partial charge in [-0.15, -0.1) is 0 Å². The van der Waals surface area contributed by atoms with Crippen molar-refractivity contribution in [1.29, 1.82) is 0 Å². The molecule has 1 saturated heterocycles. The third-order valence-electron chi connectivity index (χ3n) is 12.0. The van der Waals surface area contributed by atoms with Crippen molar-refractivity contribution in [3.8, 4) is 0 Å². The zero-order valence-electron chi connectivity index (χ0n) is 35.2. The van der Waals surface area contributed by atoms with Crippen LogP contribution in [0.15, 0.2) is 84.9 Å². The van der Waals surface area contributed by atoms with Gasteiger partial charge in [-0.1, -0.05) is 105 Å². The number of nitrogens with zero attached hydrogens (tertiary/aromatic N) is 2. The van der Waals surface area contributed by atoms with Crippen molar-refractivity contribution in [2.45, 2.75) is 120 Å². The van der Waals surface area contributed by atoms with Crippen molar-refractivity contribution in [2.75, 3.05) is 32.4 Å². The molecule has 3 aromatic rings. The van der Waals surface area contributed by atoms with Gasteiger partial charge in [0, 0.05) is 25.2 Å². The average molecular weight is 823 g/mol. The molecule has 9 N–H and O–H groups in total. The van der Waals surface area contributed by atoms with Gasteiger partial charge in [0.2, 0.25) is 23.6 Å². The summed E-state index contributed by atoms with van der Waals surface area (Å²) in [5.74, 6) is -2.24. The molecule has 1 aliphatic heterocycles. The second-order valence-corrected chi connectivity index (χ2v) is 16.4. The van der Waals surface area contributed by atoms with Crippen LogP contribution in [-0.4, -0.2) is 96.2 Å². The van der Waals surface area contributed by atoms with Crippen molar-refractivity contribution < 1.29 is 24.0 Å². The van der Waals surface area contributed by atoms with E-state index in [0.717, 1.165) is 53.7 Å². The number of carbonyl (C=O) groups is 5. The van der Waals surface area contributed by atoms with E-state index < -0.39 is 53.8 Å². The number of nitrogens with one attached hydrogen (secondary N) is 3. The number of rotatable bonds is 21. The lowest BCUT2D eigenvalue weighted by atomic mass is 9.84. The molecule has 3 aromatic carbocycles. The Morgan fingerprint density at radius 1 is 0.767 bits per heavy atom. The lowest BCUT2D eigenvalue weighted by Crippen LogP contribution is -2.62. The van der Waals surface area contributed by atoms with Crippen LogP contribution < -0.4 is 33.2 Å². The zero-order chi connectivity index (χ0) is 42.9. The number of anilines is 1. The van der Waals surface area contributed by atoms with Gasteiger partial charge >= 0.3 is 0 Å². The number of likely N-dealkylation sites (tertiary alicyclic amines) is 1. The highest BCUT2D eigenvalue weighted by Crippen LogP contribution is 2.29. The van der Waals surface area contributed by atoms with Crippen molar-refractivity contribution in [2.24, 2.45) is 17.4 Å². The van der Waals surface area contributed by atoms with Crippen LogP contribution in [0.2, 0.25) is 0 Å². The molecular formula is C47H66N8O5. The molecule has 5 atom stereocenters. The van der Waals surface area contributed by atoms with Gasteiger partial charge in [-0.2, -0.15) is 0 Å². The van der Waals surface area contributed by atoms with Gasteiger partial charge in [-0.05, 0) is 99.7 Å². The standard InChI is InChI=1S/C47H66N8O5/c1-51-40(31-35-16-7-3-8-17-35)43(56)53-39(20-11-12-27-48)46(59)54-29-13-21-41(54)47(60)55(45(58)38(50)30-34-14-5-2-6-15-34)42(32-36-18-9-4-10-19-36)44(57)52-28-26-33-22-24-37(49)25-23-33/h3-4,7-10,16-19,22-25,34,38-42,51H,2,5-6,11-15,20-21,26-32,48-50H2,1H3,(H,52,57)(H,53,56)/t38-,39+,40+,41+,42+/m1/s1. The number of benzene rings is 3. The Balaban J connectivity index is 1.43. The fourth-order valence-electron chi connectivity index (χ4n) is 8.59. The molecule has 5 amide bonds. The molecule has 0 bridgehead atoms. The SMILES string of the molecule is CN[C@@H](Cc1ccccc1)C(=O)N[C@@H](CCCCN)C(=O)N1CCC[C@H]1C(=O)N(C(=O)[C@H](N)CC1CCCCC1)[C@@H](Cc1ccccc1)C(=O)NCCc1ccc(N)cc1. The van der Waals surface area contributed by atoms with Crippen LogP contribution in [0.25, 0.3) is 0 Å². The predicted octanol–water partition coefficient (Wildman–Crippen LogP) is 3.63. The monoisotopic (exact) mass is 823 g/mol. The molecule has 324 valence electrons. The predicted molar refractivity (Wildman–Crippen MR) is 235 cm³/mol. The van der Waals surface area contributed by atoms with E-state index in [2.05, 4.69) is 16.0 Å². The minimum absolute atomic E-state index is 0.0629. The number of hydrogen-bond donors (Lipinski definition) is 6. The van der Waals surface area contributed by atoms with E-state index in [-0.39, 0.29) is 31.3 Å². The van der Waals surface area contributed by atoms with Crippen molar-refractivity contribution >= 4 is 35.2 Å². The van der Waals surface area contributed by atoms with E-state index in [1.165, 1.54) is 4.90 Å². The van der Waals surface area contributed by atoms with E-state index in [1.54, 1.807) is 19.2 Å². The summed E-state index contributed by atoms with van der Waals surface area (Å²) in [6, 6.07) is 21.5. The fourth-order valence-corrected chi connectivity index (χ4v) is 8.59. The lowest BCUT2D eigenvalue weighted by molar-refractivity contribution is -0.158. The lowest BCUT2D eigenvalue weighted by Gasteiger charge is -2.37. The minimum atomic E-state index is -1.23. The van der Waals surface area contributed by atoms with Gasteiger partial charge in [0.1, 0.15) is 18.1 Å². The Bertz CT molecular complexity index is 1820. The Hall–Kier alpha value is -5.11. The second-order valence-electron chi connectivity index (χ2n) is 16.4. The number of amides is 5. The quantitative estimate of drug-likeness (QED) is 0.0685. The minimum Gasteiger partial charge on any atom is -0.399 e. The van der Waals surface area contributed by atoms with E-state index in [4.69, 9.17) is 17.2 Å². The first-order valence-electron chi connectivity index (χ1n) is 21.9. The third-order valence-corrected chi connectivity index (χ3v) is 12.0. The van der Waals surface area contributed by atoms with Crippen LogP contribution >= 0.6 is 0 Å². The van der Waals surface area contributed by atoms with Gasteiger partial charge in [0.15, 0.2) is 0 Å². The average Bonchev–Trinajstić information content (AvgIpc) is 3.77. The maximum absolute atomic E-state index is 15.2. The van der Waals surface area contributed by atoms with Crippen molar-refractivity contribution in [3.05, 3.63) is 102 Å². The van der Waals surface area contributed by atoms with Crippen molar-refractivity contribution in [1.82, 2.24) is 25.8 Å². The summed E-state index contributed by atoms with van der Waals surface area (Å²) >= 11 is 0. The number of carbonyl (C=O) groups excluding carboxylic acids is 5. The molecule has 2 aliphatic rings. The summed E-state index contributed by atoms with van der Waals surface area (Å²) in [6.07, 6.45) is 8.91. The molecule has 0 spiro atoms. The number of imide groups is 1. The molecule has 2 fully saturated rings. The molecule has 0 aromatic heterocycles.